The van der Waals surface area contributed by atoms with Crippen LogP contribution in [0.5, 0.6) is 0 Å². The summed E-state index contributed by atoms with van der Waals surface area (Å²) < 4.78 is 27.3. The predicted molar refractivity (Wildman–Crippen MR) is 84.1 cm³/mol. The summed E-state index contributed by atoms with van der Waals surface area (Å²) in [7, 11) is -3.38. The monoisotopic (exact) mass is 368 g/mol. The maximum atomic E-state index is 12.5. The number of hydrogen-bond acceptors (Lipinski definition) is 4. The van der Waals surface area contributed by atoms with Crippen molar-refractivity contribution in [2.24, 2.45) is 0 Å². The van der Waals surface area contributed by atoms with Gasteiger partial charge in [-0.25, -0.2) is 8.42 Å². The van der Waals surface area contributed by atoms with Crippen molar-refractivity contribution in [3.63, 3.8) is 0 Å². The van der Waals surface area contributed by atoms with E-state index in [-0.39, 0.29) is 0 Å². The maximum Gasteiger partial charge on any atom is 0.245 e. The molecule has 110 valence electrons. The van der Waals surface area contributed by atoms with Crippen molar-refractivity contribution < 1.29 is 8.42 Å². The van der Waals surface area contributed by atoms with E-state index in [0.717, 1.165) is 17.8 Å². The quantitative estimate of drug-likeness (QED) is 0.766. The van der Waals surface area contributed by atoms with Gasteiger partial charge in [0.15, 0.2) is 0 Å². The van der Waals surface area contributed by atoms with Gasteiger partial charge in [-0.2, -0.15) is 4.31 Å². The van der Waals surface area contributed by atoms with Gasteiger partial charge in [-0.15, -0.1) is 11.3 Å². The third-order valence-electron chi connectivity index (χ3n) is 2.70. The van der Waals surface area contributed by atoms with Crippen LogP contribution in [-0.2, 0) is 16.6 Å². The highest BCUT2D eigenvalue weighted by molar-refractivity contribution is 9.11. The molecule has 0 fully saturated rings. The Kier molecular flexibility index (Phi) is 6.96. The minimum absolute atomic E-state index is 0.390. The van der Waals surface area contributed by atoms with E-state index in [2.05, 4.69) is 21.2 Å². The topological polar surface area (TPSA) is 49.4 Å². The Hall–Kier alpha value is 0.0500. The van der Waals surface area contributed by atoms with Gasteiger partial charge in [-0.3, -0.25) is 0 Å². The first-order valence-corrected chi connectivity index (χ1v) is 9.51. The molecule has 0 saturated carbocycles. The lowest BCUT2D eigenvalue weighted by Crippen LogP contribution is -2.31. The van der Waals surface area contributed by atoms with E-state index in [4.69, 9.17) is 0 Å². The summed E-state index contributed by atoms with van der Waals surface area (Å²) in [5, 5.41) is 3.21. The number of hydrogen-bond donors (Lipinski definition) is 1. The first-order valence-electron chi connectivity index (χ1n) is 6.46. The number of sulfonamides is 1. The highest BCUT2D eigenvalue weighted by atomic mass is 79.9. The van der Waals surface area contributed by atoms with Gasteiger partial charge in [0.1, 0.15) is 4.90 Å². The molecule has 4 nitrogen and oxygen atoms in total. The normalized spacial score (nSPS) is 12.3. The Balaban J connectivity index is 3.03. The number of thiophene rings is 1. The lowest BCUT2D eigenvalue weighted by atomic mass is 10.4. The summed E-state index contributed by atoms with van der Waals surface area (Å²) in [5.74, 6) is 0. The molecule has 0 saturated heterocycles. The van der Waals surface area contributed by atoms with Crippen molar-refractivity contribution in [3.8, 4) is 0 Å². The number of rotatable bonds is 8. The van der Waals surface area contributed by atoms with Gasteiger partial charge in [0, 0.05) is 24.5 Å². The van der Waals surface area contributed by atoms with Crippen LogP contribution in [0, 0.1) is 0 Å². The van der Waals surface area contributed by atoms with Crippen LogP contribution >= 0.6 is 27.3 Å². The highest BCUT2D eigenvalue weighted by Crippen LogP contribution is 2.33. The molecule has 0 aromatic carbocycles. The fourth-order valence-electron chi connectivity index (χ4n) is 1.75. The number of halogens is 1. The SMILES string of the molecule is CCCN(CC)S(=O)(=O)c1cc(CNCC)sc1Br. The summed E-state index contributed by atoms with van der Waals surface area (Å²) >= 11 is 4.85. The smallest absolute Gasteiger partial charge is 0.245 e. The summed E-state index contributed by atoms with van der Waals surface area (Å²) in [5.41, 5.74) is 0. The molecule has 1 aromatic heterocycles. The predicted octanol–water partition coefficient (Wildman–Crippen LogP) is 3.04. The fraction of sp³-hybridized carbons (Fsp3) is 0.667. The second-order valence-corrected chi connectivity index (χ2v) is 8.49. The Morgan fingerprint density at radius 2 is 2.05 bits per heavy atom. The maximum absolute atomic E-state index is 12.5. The van der Waals surface area contributed by atoms with E-state index in [0.29, 0.717) is 28.3 Å². The van der Waals surface area contributed by atoms with Crippen LogP contribution in [-0.4, -0.2) is 32.4 Å². The molecule has 0 unspecified atom stereocenters. The van der Waals surface area contributed by atoms with Crippen molar-refractivity contribution in [2.45, 2.75) is 38.6 Å². The first-order chi connectivity index (χ1) is 8.97. The Morgan fingerprint density at radius 1 is 1.37 bits per heavy atom. The van der Waals surface area contributed by atoms with Crippen LogP contribution < -0.4 is 5.32 Å². The van der Waals surface area contributed by atoms with E-state index in [1.165, 1.54) is 15.6 Å². The molecule has 0 radical (unpaired) electrons. The van der Waals surface area contributed by atoms with Gasteiger partial charge in [0.2, 0.25) is 10.0 Å². The molecule has 0 amide bonds. The molecule has 1 heterocycles. The largest absolute Gasteiger partial charge is 0.312 e. The summed E-state index contributed by atoms with van der Waals surface area (Å²) in [6, 6.07) is 1.77. The molecule has 19 heavy (non-hydrogen) atoms. The van der Waals surface area contributed by atoms with Gasteiger partial charge < -0.3 is 5.32 Å². The van der Waals surface area contributed by atoms with Crippen LogP contribution in [0.4, 0.5) is 0 Å². The summed E-state index contributed by atoms with van der Waals surface area (Å²) in [4.78, 5) is 1.42. The van der Waals surface area contributed by atoms with Crippen molar-refractivity contribution >= 4 is 37.3 Å². The van der Waals surface area contributed by atoms with Crippen LogP contribution in [0.25, 0.3) is 0 Å². The lowest BCUT2D eigenvalue weighted by Gasteiger charge is -2.19. The van der Waals surface area contributed by atoms with Gasteiger partial charge in [-0.1, -0.05) is 20.8 Å². The molecule has 7 heteroatoms. The number of nitrogens with zero attached hydrogens (tertiary/aromatic N) is 1. The first kappa shape index (κ1) is 17.1. The van der Waals surface area contributed by atoms with Gasteiger partial charge >= 0.3 is 0 Å². The van der Waals surface area contributed by atoms with Crippen LogP contribution in [0.2, 0.25) is 0 Å². The fourth-order valence-corrected chi connectivity index (χ4v) is 5.89. The average Bonchev–Trinajstić information content (AvgIpc) is 2.75. The molecule has 0 bridgehead atoms. The molecular formula is C12H21BrN2O2S2. The second-order valence-electron chi connectivity index (χ2n) is 4.13. The zero-order valence-corrected chi connectivity index (χ0v) is 14.8. The lowest BCUT2D eigenvalue weighted by molar-refractivity contribution is 0.427. The van der Waals surface area contributed by atoms with E-state index in [1.807, 2.05) is 20.8 Å². The molecule has 0 aliphatic heterocycles. The molecule has 0 atom stereocenters. The van der Waals surface area contributed by atoms with Crippen molar-refractivity contribution in [2.75, 3.05) is 19.6 Å². The van der Waals surface area contributed by atoms with E-state index in [1.54, 1.807) is 6.07 Å². The molecule has 1 aromatic rings. The zero-order valence-electron chi connectivity index (χ0n) is 11.6. The van der Waals surface area contributed by atoms with Crippen molar-refractivity contribution in [3.05, 3.63) is 14.7 Å². The molecule has 0 aliphatic carbocycles. The zero-order chi connectivity index (χ0) is 14.5. The molecule has 1 N–H and O–H groups in total. The summed E-state index contributed by atoms with van der Waals surface area (Å²) in [6.07, 6.45) is 0.819. The average molecular weight is 369 g/mol. The van der Waals surface area contributed by atoms with E-state index < -0.39 is 10.0 Å². The Bertz CT molecular complexity index is 500. The van der Waals surface area contributed by atoms with Gasteiger partial charge in [0.25, 0.3) is 0 Å². The number of nitrogens with one attached hydrogen (secondary N) is 1. The molecule has 0 aliphatic rings. The van der Waals surface area contributed by atoms with Crippen LogP contribution in [0.3, 0.4) is 0 Å². The molecule has 1 rings (SSSR count). The molecule has 0 spiro atoms. The minimum atomic E-state index is -3.38. The van der Waals surface area contributed by atoms with Gasteiger partial charge in [-0.05, 0) is 35.0 Å². The second kappa shape index (κ2) is 7.73. The Labute approximate surface area is 128 Å². The van der Waals surface area contributed by atoms with Crippen LogP contribution in [0.15, 0.2) is 14.7 Å². The third-order valence-corrected chi connectivity index (χ3v) is 6.93. The van der Waals surface area contributed by atoms with E-state index >= 15 is 0 Å². The Morgan fingerprint density at radius 3 is 2.58 bits per heavy atom. The van der Waals surface area contributed by atoms with Crippen molar-refractivity contribution in [1.29, 1.82) is 0 Å². The molecular weight excluding hydrogens is 348 g/mol. The van der Waals surface area contributed by atoms with Crippen molar-refractivity contribution in [1.82, 2.24) is 9.62 Å². The highest BCUT2D eigenvalue weighted by Gasteiger charge is 2.26. The van der Waals surface area contributed by atoms with Gasteiger partial charge in [0.05, 0.1) is 3.79 Å². The minimum Gasteiger partial charge on any atom is -0.312 e. The third kappa shape index (κ3) is 4.26. The standard InChI is InChI=1S/C12H21BrN2O2S2/c1-4-7-15(6-3)19(16,17)11-8-10(9-14-5-2)18-12(11)13/h8,14H,4-7,9H2,1-3H3. The van der Waals surface area contributed by atoms with E-state index in [9.17, 15) is 8.42 Å². The summed E-state index contributed by atoms with van der Waals surface area (Å²) in [6.45, 7) is 8.51. The van der Waals surface area contributed by atoms with Crippen LogP contribution in [0.1, 0.15) is 32.1 Å².